The van der Waals surface area contributed by atoms with Gasteiger partial charge >= 0.3 is 0 Å². The number of amides is 1. The zero-order chi connectivity index (χ0) is 13.9. The van der Waals surface area contributed by atoms with Crippen LogP contribution in [-0.2, 0) is 16.1 Å². The molecule has 1 saturated heterocycles. The van der Waals surface area contributed by atoms with Crippen LogP contribution in [0.5, 0.6) is 0 Å². The third kappa shape index (κ3) is 3.07. The van der Waals surface area contributed by atoms with Crippen molar-refractivity contribution < 1.29 is 14.5 Å². The van der Waals surface area contributed by atoms with Crippen LogP contribution in [0.2, 0.25) is 0 Å². The van der Waals surface area contributed by atoms with E-state index in [0.29, 0.717) is 18.6 Å². The molecule has 102 valence electrons. The Balaban J connectivity index is 1.97. The van der Waals surface area contributed by atoms with E-state index < -0.39 is 10.5 Å². The minimum absolute atomic E-state index is 0.00147. The monoisotopic (exact) mass is 265 g/mol. The molecule has 1 unspecified atom stereocenters. The topological polar surface area (TPSA) is 107 Å². The molecule has 1 aromatic rings. The van der Waals surface area contributed by atoms with E-state index in [-0.39, 0.29) is 24.7 Å². The highest BCUT2D eigenvalue weighted by Crippen LogP contribution is 2.16. The molecule has 7 nitrogen and oxygen atoms in total. The molecular weight excluding hydrogens is 250 g/mol. The fourth-order valence-electron chi connectivity index (χ4n) is 1.90. The number of ether oxygens (including phenoxy) is 1. The van der Waals surface area contributed by atoms with Crippen LogP contribution in [0.25, 0.3) is 0 Å². The Morgan fingerprint density at radius 3 is 3.00 bits per heavy atom. The summed E-state index contributed by atoms with van der Waals surface area (Å²) in [6.45, 7) is 0.883. The van der Waals surface area contributed by atoms with Crippen LogP contribution in [0.3, 0.4) is 0 Å². The number of non-ortho nitro benzene ring substituents is 1. The van der Waals surface area contributed by atoms with Gasteiger partial charge in [-0.15, -0.1) is 0 Å². The molecule has 0 bridgehead atoms. The van der Waals surface area contributed by atoms with Gasteiger partial charge in [-0.05, 0) is 12.0 Å². The smallest absolute Gasteiger partial charge is 0.269 e. The van der Waals surface area contributed by atoms with Crippen molar-refractivity contribution in [3.05, 3.63) is 39.9 Å². The number of nitro benzene ring substituents is 1. The van der Waals surface area contributed by atoms with Gasteiger partial charge in [-0.2, -0.15) is 0 Å². The van der Waals surface area contributed by atoms with Crippen molar-refractivity contribution in [1.29, 1.82) is 0 Å². The molecule has 19 heavy (non-hydrogen) atoms. The summed E-state index contributed by atoms with van der Waals surface area (Å²) in [6.07, 6.45) is 0.480. The number of nitrogens with two attached hydrogens (primary N) is 1. The van der Waals surface area contributed by atoms with Crippen molar-refractivity contribution in [3.8, 4) is 0 Å². The third-order valence-corrected chi connectivity index (χ3v) is 3.08. The number of nitrogens with one attached hydrogen (secondary N) is 1. The summed E-state index contributed by atoms with van der Waals surface area (Å²) in [7, 11) is 0. The summed E-state index contributed by atoms with van der Waals surface area (Å²) in [5, 5.41) is 13.3. The quantitative estimate of drug-likeness (QED) is 0.602. The molecule has 3 N–H and O–H groups in total. The van der Waals surface area contributed by atoms with E-state index in [1.54, 1.807) is 12.1 Å². The van der Waals surface area contributed by atoms with Crippen LogP contribution in [0.4, 0.5) is 5.69 Å². The van der Waals surface area contributed by atoms with Crippen LogP contribution >= 0.6 is 0 Å². The maximum absolute atomic E-state index is 11.9. The minimum Gasteiger partial charge on any atom is -0.379 e. The van der Waals surface area contributed by atoms with Gasteiger partial charge in [0.25, 0.3) is 5.69 Å². The van der Waals surface area contributed by atoms with Crippen molar-refractivity contribution in [3.63, 3.8) is 0 Å². The van der Waals surface area contributed by atoms with Gasteiger partial charge in [-0.3, -0.25) is 14.9 Å². The highest BCUT2D eigenvalue weighted by atomic mass is 16.6. The SMILES string of the molecule is NC1(C(=O)NCc2cccc([N+](=O)[O-])c2)CCOC1. The first kappa shape index (κ1) is 13.4. The molecule has 1 aromatic carbocycles. The van der Waals surface area contributed by atoms with E-state index in [2.05, 4.69) is 5.32 Å². The van der Waals surface area contributed by atoms with Gasteiger partial charge in [-0.1, -0.05) is 12.1 Å². The molecule has 1 amide bonds. The zero-order valence-corrected chi connectivity index (χ0v) is 10.3. The second-order valence-corrected chi connectivity index (χ2v) is 4.57. The number of carbonyl (C=O) groups excluding carboxylic acids is 1. The number of benzene rings is 1. The third-order valence-electron chi connectivity index (χ3n) is 3.08. The molecule has 0 aliphatic carbocycles. The fourth-order valence-corrected chi connectivity index (χ4v) is 1.90. The second kappa shape index (κ2) is 5.33. The van der Waals surface area contributed by atoms with Gasteiger partial charge in [0.05, 0.1) is 11.5 Å². The summed E-state index contributed by atoms with van der Waals surface area (Å²) in [5.41, 5.74) is 5.57. The molecule has 0 spiro atoms. The second-order valence-electron chi connectivity index (χ2n) is 4.57. The lowest BCUT2D eigenvalue weighted by Gasteiger charge is -2.20. The van der Waals surface area contributed by atoms with Crippen molar-refractivity contribution in [2.75, 3.05) is 13.2 Å². The molecule has 7 heteroatoms. The van der Waals surface area contributed by atoms with Crippen LogP contribution in [-0.4, -0.2) is 29.6 Å². The van der Waals surface area contributed by atoms with Gasteiger partial charge in [0, 0.05) is 25.3 Å². The van der Waals surface area contributed by atoms with Crippen molar-refractivity contribution in [2.45, 2.75) is 18.5 Å². The first-order valence-electron chi connectivity index (χ1n) is 5.89. The first-order valence-corrected chi connectivity index (χ1v) is 5.89. The molecule has 0 aromatic heterocycles. The summed E-state index contributed by atoms with van der Waals surface area (Å²) in [6, 6.07) is 6.12. The molecule has 0 saturated carbocycles. The predicted octanol–water partition coefficient (Wildman–Crippen LogP) is 0.329. The highest BCUT2D eigenvalue weighted by molar-refractivity contribution is 5.86. The van der Waals surface area contributed by atoms with E-state index >= 15 is 0 Å². The van der Waals surface area contributed by atoms with Crippen molar-refractivity contribution >= 4 is 11.6 Å². The van der Waals surface area contributed by atoms with E-state index in [9.17, 15) is 14.9 Å². The Labute approximate surface area is 109 Å². The molecule has 1 aliphatic heterocycles. The maximum Gasteiger partial charge on any atom is 0.269 e. The zero-order valence-electron chi connectivity index (χ0n) is 10.3. The number of nitro groups is 1. The van der Waals surface area contributed by atoms with E-state index in [4.69, 9.17) is 10.5 Å². The van der Waals surface area contributed by atoms with Gasteiger partial charge in [0.15, 0.2) is 0 Å². The van der Waals surface area contributed by atoms with Gasteiger partial charge < -0.3 is 15.8 Å². The molecule has 0 radical (unpaired) electrons. The van der Waals surface area contributed by atoms with Crippen molar-refractivity contribution in [2.24, 2.45) is 5.73 Å². The Morgan fingerprint density at radius 1 is 1.58 bits per heavy atom. The maximum atomic E-state index is 11.9. The van der Waals surface area contributed by atoms with Gasteiger partial charge in [0.2, 0.25) is 5.91 Å². The molecule has 1 fully saturated rings. The Bertz CT molecular complexity index is 498. The van der Waals surface area contributed by atoms with Crippen LogP contribution in [0.1, 0.15) is 12.0 Å². The molecule has 1 aliphatic rings. The van der Waals surface area contributed by atoms with Gasteiger partial charge in [-0.25, -0.2) is 0 Å². The van der Waals surface area contributed by atoms with E-state index in [0.717, 1.165) is 0 Å². The Morgan fingerprint density at radius 2 is 2.37 bits per heavy atom. The standard InChI is InChI=1S/C12H15N3O4/c13-12(4-5-19-8-12)11(16)14-7-9-2-1-3-10(6-9)15(17)18/h1-3,6H,4-5,7-8,13H2,(H,14,16). The lowest BCUT2D eigenvalue weighted by molar-refractivity contribution is -0.384. The summed E-state index contributed by atoms with van der Waals surface area (Å²) in [4.78, 5) is 22.1. The number of hydrogen-bond donors (Lipinski definition) is 2. The first-order chi connectivity index (χ1) is 9.01. The summed E-state index contributed by atoms with van der Waals surface area (Å²) in [5.74, 6) is -0.295. The molecule has 2 rings (SSSR count). The largest absolute Gasteiger partial charge is 0.379 e. The number of carbonyl (C=O) groups is 1. The summed E-state index contributed by atoms with van der Waals surface area (Å²) < 4.78 is 5.11. The predicted molar refractivity (Wildman–Crippen MR) is 67.3 cm³/mol. The van der Waals surface area contributed by atoms with E-state index in [1.165, 1.54) is 12.1 Å². The number of hydrogen-bond acceptors (Lipinski definition) is 5. The Kier molecular flexibility index (Phi) is 3.77. The van der Waals surface area contributed by atoms with Gasteiger partial charge in [0.1, 0.15) is 5.54 Å². The average Bonchev–Trinajstić information content (AvgIpc) is 2.84. The number of rotatable bonds is 4. The fraction of sp³-hybridized carbons (Fsp3) is 0.417. The minimum atomic E-state index is -0.985. The van der Waals surface area contributed by atoms with Crippen LogP contribution in [0, 0.1) is 10.1 Å². The Hall–Kier alpha value is -1.99. The molecular formula is C12H15N3O4. The summed E-state index contributed by atoms with van der Waals surface area (Å²) >= 11 is 0. The average molecular weight is 265 g/mol. The highest BCUT2D eigenvalue weighted by Gasteiger charge is 2.37. The lowest BCUT2D eigenvalue weighted by Crippen LogP contribution is -2.54. The molecule has 1 atom stereocenters. The van der Waals surface area contributed by atoms with Crippen LogP contribution in [0.15, 0.2) is 24.3 Å². The number of nitrogens with zero attached hydrogens (tertiary/aromatic N) is 1. The van der Waals surface area contributed by atoms with Crippen LogP contribution < -0.4 is 11.1 Å². The lowest BCUT2D eigenvalue weighted by atomic mass is 9.99. The van der Waals surface area contributed by atoms with E-state index in [1.807, 2.05) is 0 Å². The van der Waals surface area contributed by atoms with Crippen molar-refractivity contribution in [1.82, 2.24) is 5.32 Å². The normalized spacial score (nSPS) is 22.2. The molecule has 1 heterocycles.